The molecule has 0 atom stereocenters. The van der Waals surface area contributed by atoms with Crippen molar-refractivity contribution in [1.29, 1.82) is 0 Å². The molecule has 7 heteroatoms. The highest BCUT2D eigenvalue weighted by Crippen LogP contribution is 2.31. The van der Waals surface area contributed by atoms with E-state index in [1.807, 2.05) is 60.8 Å². The average Bonchev–Trinajstić information content (AvgIpc) is 3.28. The molecule has 2 amide bonds. The maximum Gasteiger partial charge on any atom is 0.266 e. The number of nitrogens with zero attached hydrogens (tertiary/aromatic N) is 1. The first-order valence-electron chi connectivity index (χ1n) is 8.63. The molecule has 4 aromatic rings. The fourth-order valence-electron chi connectivity index (χ4n) is 2.84. The van der Waals surface area contributed by atoms with Crippen molar-refractivity contribution < 1.29 is 9.59 Å². The van der Waals surface area contributed by atoms with Gasteiger partial charge in [-0.1, -0.05) is 41.2 Å². The molecule has 0 spiro atoms. The Balaban J connectivity index is 1.58. The first-order chi connectivity index (χ1) is 13.5. The number of benzene rings is 2. The molecule has 2 N–H and O–H groups in total. The van der Waals surface area contributed by atoms with Gasteiger partial charge in [0.25, 0.3) is 5.91 Å². The van der Waals surface area contributed by atoms with Crippen LogP contribution >= 0.6 is 22.7 Å². The molecular weight excluding hydrogens is 390 g/mol. The summed E-state index contributed by atoms with van der Waals surface area (Å²) in [5.41, 5.74) is 4.60. The molecule has 2 aromatic carbocycles. The van der Waals surface area contributed by atoms with E-state index in [1.165, 1.54) is 35.2 Å². The van der Waals surface area contributed by atoms with Gasteiger partial charge in [-0.15, -0.1) is 11.3 Å². The second-order valence-corrected chi connectivity index (χ2v) is 8.31. The molecule has 0 aliphatic heterocycles. The van der Waals surface area contributed by atoms with Crippen LogP contribution in [0, 0.1) is 6.92 Å². The van der Waals surface area contributed by atoms with Crippen molar-refractivity contribution in [2.45, 2.75) is 13.8 Å². The van der Waals surface area contributed by atoms with Crippen LogP contribution in [0.1, 0.15) is 22.2 Å². The Morgan fingerprint density at radius 2 is 1.79 bits per heavy atom. The molecule has 2 aromatic heterocycles. The third kappa shape index (κ3) is 3.81. The number of anilines is 2. The zero-order valence-corrected chi connectivity index (χ0v) is 16.9. The standard InChI is InChI=1S/C21H17N3O2S2/c1-12-3-5-14(6-4-12)16-9-10-27-19(16)20(26)23-15-7-8-17-18(11-15)28-21(24-17)22-13(2)25/h3-11H,1-2H3,(H,23,26)(H,22,24,25). The molecule has 0 aliphatic carbocycles. The number of nitrogens with one attached hydrogen (secondary N) is 2. The van der Waals surface area contributed by atoms with Crippen molar-refractivity contribution >= 4 is 55.5 Å². The Morgan fingerprint density at radius 3 is 2.54 bits per heavy atom. The molecule has 4 rings (SSSR count). The van der Waals surface area contributed by atoms with Gasteiger partial charge in [0, 0.05) is 18.2 Å². The first kappa shape index (κ1) is 18.3. The monoisotopic (exact) mass is 407 g/mol. The van der Waals surface area contributed by atoms with E-state index in [9.17, 15) is 9.59 Å². The van der Waals surface area contributed by atoms with Gasteiger partial charge in [-0.25, -0.2) is 4.98 Å². The lowest BCUT2D eigenvalue weighted by Gasteiger charge is -2.07. The highest BCUT2D eigenvalue weighted by Gasteiger charge is 2.15. The number of thiophene rings is 1. The van der Waals surface area contributed by atoms with E-state index >= 15 is 0 Å². The van der Waals surface area contributed by atoms with E-state index in [1.54, 1.807) is 0 Å². The van der Waals surface area contributed by atoms with Crippen molar-refractivity contribution in [2.75, 3.05) is 10.6 Å². The number of fused-ring (bicyclic) bond motifs is 1. The van der Waals surface area contributed by atoms with Crippen LogP contribution in [-0.4, -0.2) is 16.8 Å². The van der Waals surface area contributed by atoms with Gasteiger partial charge >= 0.3 is 0 Å². The summed E-state index contributed by atoms with van der Waals surface area (Å²) in [5.74, 6) is -0.301. The third-order valence-corrected chi connectivity index (χ3v) is 6.01. The summed E-state index contributed by atoms with van der Waals surface area (Å²) in [7, 11) is 0. The average molecular weight is 408 g/mol. The van der Waals surface area contributed by atoms with Crippen LogP contribution in [0.3, 0.4) is 0 Å². The Labute approximate surface area is 170 Å². The van der Waals surface area contributed by atoms with Crippen molar-refractivity contribution in [3.05, 3.63) is 64.4 Å². The lowest BCUT2D eigenvalue weighted by molar-refractivity contribution is -0.114. The molecule has 0 aliphatic rings. The van der Waals surface area contributed by atoms with Gasteiger partial charge in [-0.2, -0.15) is 0 Å². The van der Waals surface area contributed by atoms with E-state index in [0.29, 0.717) is 15.7 Å². The van der Waals surface area contributed by atoms with Crippen LogP contribution in [-0.2, 0) is 4.79 Å². The van der Waals surface area contributed by atoms with Crippen LogP contribution in [0.2, 0.25) is 0 Å². The van der Waals surface area contributed by atoms with Crippen LogP contribution < -0.4 is 10.6 Å². The van der Waals surface area contributed by atoms with E-state index in [4.69, 9.17) is 0 Å². The Morgan fingerprint density at radius 1 is 1.00 bits per heavy atom. The van der Waals surface area contributed by atoms with Gasteiger partial charge in [0.05, 0.1) is 15.1 Å². The lowest BCUT2D eigenvalue weighted by atomic mass is 10.0. The molecule has 2 heterocycles. The minimum absolute atomic E-state index is 0.142. The van der Waals surface area contributed by atoms with Crippen LogP contribution in [0.5, 0.6) is 0 Å². The molecule has 140 valence electrons. The number of thiazole rings is 1. The molecule has 0 fully saturated rings. The normalized spacial score (nSPS) is 10.8. The SMILES string of the molecule is CC(=O)Nc1nc2ccc(NC(=O)c3sccc3-c3ccc(C)cc3)cc2s1. The molecule has 0 radical (unpaired) electrons. The van der Waals surface area contributed by atoms with E-state index in [-0.39, 0.29) is 11.8 Å². The van der Waals surface area contributed by atoms with Gasteiger partial charge in [0.15, 0.2) is 5.13 Å². The maximum absolute atomic E-state index is 12.9. The lowest BCUT2D eigenvalue weighted by Crippen LogP contribution is -2.11. The van der Waals surface area contributed by atoms with E-state index in [2.05, 4.69) is 15.6 Å². The van der Waals surface area contributed by atoms with Crippen LogP contribution in [0.15, 0.2) is 53.9 Å². The minimum atomic E-state index is -0.158. The number of aromatic nitrogens is 1. The Bertz CT molecular complexity index is 1180. The number of hydrogen-bond acceptors (Lipinski definition) is 5. The summed E-state index contributed by atoms with van der Waals surface area (Å²) in [4.78, 5) is 29.1. The summed E-state index contributed by atoms with van der Waals surface area (Å²) >= 11 is 2.80. The molecule has 0 bridgehead atoms. The first-order valence-corrected chi connectivity index (χ1v) is 10.3. The van der Waals surface area contributed by atoms with Gasteiger partial charge in [0.1, 0.15) is 0 Å². The zero-order valence-electron chi connectivity index (χ0n) is 15.3. The van der Waals surface area contributed by atoms with Gasteiger partial charge in [-0.05, 0) is 42.1 Å². The van der Waals surface area contributed by atoms with Crippen LogP contribution in [0.25, 0.3) is 21.3 Å². The highest BCUT2D eigenvalue weighted by atomic mass is 32.1. The van der Waals surface area contributed by atoms with Gasteiger partial charge in [0.2, 0.25) is 5.91 Å². The quantitative estimate of drug-likeness (QED) is 0.466. The third-order valence-electron chi connectivity index (χ3n) is 4.16. The second-order valence-electron chi connectivity index (χ2n) is 6.37. The molecular formula is C21H17N3O2S2. The maximum atomic E-state index is 12.9. The number of rotatable bonds is 4. The van der Waals surface area contributed by atoms with Gasteiger partial charge < -0.3 is 10.6 Å². The molecule has 0 saturated heterocycles. The minimum Gasteiger partial charge on any atom is -0.321 e. The second kappa shape index (κ2) is 7.53. The van der Waals surface area contributed by atoms with Crippen LogP contribution in [0.4, 0.5) is 10.8 Å². The summed E-state index contributed by atoms with van der Waals surface area (Å²) < 4.78 is 0.895. The number of aryl methyl sites for hydroxylation is 1. The zero-order chi connectivity index (χ0) is 19.7. The smallest absolute Gasteiger partial charge is 0.266 e. The summed E-state index contributed by atoms with van der Waals surface area (Å²) in [6, 6.07) is 15.6. The number of hydrogen-bond donors (Lipinski definition) is 2. The topological polar surface area (TPSA) is 71.1 Å². The summed E-state index contributed by atoms with van der Waals surface area (Å²) in [5, 5.41) is 8.13. The number of carbonyl (C=O) groups is 2. The fourth-order valence-corrected chi connectivity index (χ4v) is 4.60. The van der Waals surface area contributed by atoms with E-state index in [0.717, 1.165) is 21.3 Å². The largest absolute Gasteiger partial charge is 0.321 e. The van der Waals surface area contributed by atoms with Crippen molar-refractivity contribution in [2.24, 2.45) is 0 Å². The summed E-state index contributed by atoms with van der Waals surface area (Å²) in [6.45, 7) is 3.49. The highest BCUT2D eigenvalue weighted by molar-refractivity contribution is 7.22. The number of amides is 2. The molecule has 0 saturated carbocycles. The van der Waals surface area contributed by atoms with Crippen molar-refractivity contribution in [3.63, 3.8) is 0 Å². The predicted molar refractivity (Wildman–Crippen MR) is 116 cm³/mol. The Hall–Kier alpha value is -3.03. The predicted octanol–water partition coefficient (Wildman–Crippen LogP) is 5.54. The van der Waals surface area contributed by atoms with Gasteiger partial charge in [-0.3, -0.25) is 9.59 Å². The van der Waals surface area contributed by atoms with Crippen molar-refractivity contribution in [3.8, 4) is 11.1 Å². The molecule has 0 unspecified atom stereocenters. The fraction of sp³-hybridized carbons (Fsp3) is 0.0952. The van der Waals surface area contributed by atoms with E-state index < -0.39 is 0 Å². The number of carbonyl (C=O) groups excluding carboxylic acids is 2. The van der Waals surface area contributed by atoms with Crippen molar-refractivity contribution in [1.82, 2.24) is 4.98 Å². The summed E-state index contributed by atoms with van der Waals surface area (Å²) in [6.07, 6.45) is 0. The Kier molecular flexibility index (Phi) is 4.93. The molecule has 28 heavy (non-hydrogen) atoms. The molecule has 5 nitrogen and oxygen atoms in total.